The molecule has 1 aliphatic heterocycles. The minimum atomic E-state index is -1.40. The number of rotatable bonds is 5. The molecule has 0 radical (unpaired) electrons. The van der Waals surface area contributed by atoms with Gasteiger partial charge in [0.05, 0.1) is 11.8 Å². The summed E-state index contributed by atoms with van der Waals surface area (Å²) in [5.41, 5.74) is 0. The molecule has 9 heteroatoms. The molecule has 2 aliphatic carbocycles. The van der Waals surface area contributed by atoms with Gasteiger partial charge in [-0.25, -0.2) is 4.79 Å². The van der Waals surface area contributed by atoms with Crippen LogP contribution in [-0.4, -0.2) is 54.6 Å². The quantitative estimate of drug-likeness (QED) is 0.476. The maximum atomic E-state index is 12.7. The standard InChI is InChI=1S/C14H15Br2NO6/c15-10-4-3-5(11(10)16)9-8(4)12(20)17(13(9)21)6(14(22)23)1-2-7(18)19/h4-6,8-11H,1-3H2,(H,18,19)(H,22,23)/t4-,5-,6+,8-,9+,10+,11-/m1/s1. The summed E-state index contributed by atoms with van der Waals surface area (Å²) in [6, 6.07) is -1.40. The first-order valence-electron chi connectivity index (χ1n) is 7.35. The Morgan fingerprint density at radius 1 is 1.09 bits per heavy atom. The molecule has 3 fully saturated rings. The van der Waals surface area contributed by atoms with E-state index in [1.54, 1.807) is 0 Å². The Hall–Kier alpha value is -0.960. The van der Waals surface area contributed by atoms with Crippen LogP contribution in [0.3, 0.4) is 0 Å². The van der Waals surface area contributed by atoms with E-state index in [9.17, 15) is 24.3 Å². The average molecular weight is 453 g/mol. The van der Waals surface area contributed by atoms with E-state index in [1.165, 1.54) is 0 Å². The highest BCUT2D eigenvalue weighted by Gasteiger charge is 2.67. The van der Waals surface area contributed by atoms with E-state index >= 15 is 0 Å². The second kappa shape index (κ2) is 5.84. The lowest BCUT2D eigenvalue weighted by Gasteiger charge is -2.28. The number of aliphatic carboxylic acids is 2. The molecule has 2 amide bonds. The predicted molar refractivity (Wildman–Crippen MR) is 84.2 cm³/mol. The maximum Gasteiger partial charge on any atom is 0.326 e. The number of halogens is 2. The summed E-state index contributed by atoms with van der Waals surface area (Å²) in [4.78, 5) is 48.5. The number of carbonyl (C=O) groups is 4. The zero-order chi connectivity index (χ0) is 17.0. The summed E-state index contributed by atoms with van der Waals surface area (Å²) in [7, 11) is 0. The molecule has 3 rings (SSSR count). The van der Waals surface area contributed by atoms with Gasteiger partial charge in [-0.2, -0.15) is 0 Å². The fourth-order valence-electron chi connectivity index (χ4n) is 4.30. The van der Waals surface area contributed by atoms with Gasteiger partial charge in [0.2, 0.25) is 11.8 Å². The van der Waals surface area contributed by atoms with Crippen LogP contribution in [0, 0.1) is 23.7 Å². The van der Waals surface area contributed by atoms with E-state index in [1.807, 2.05) is 0 Å². The van der Waals surface area contributed by atoms with Crippen molar-refractivity contribution in [2.45, 2.75) is 35.0 Å². The van der Waals surface area contributed by atoms with Gasteiger partial charge in [-0.3, -0.25) is 19.3 Å². The van der Waals surface area contributed by atoms with Crippen molar-refractivity contribution < 1.29 is 29.4 Å². The first-order chi connectivity index (χ1) is 10.8. The molecular formula is C14H15Br2NO6. The third kappa shape index (κ3) is 2.43. The van der Waals surface area contributed by atoms with Gasteiger partial charge in [-0.15, -0.1) is 0 Å². The van der Waals surface area contributed by atoms with Crippen molar-refractivity contribution in [3.8, 4) is 0 Å². The predicted octanol–water partition coefficient (Wildman–Crippen LogP) is 1.08. The van der Waals surface area contributed by atoms with Gasteiger partial charge in [-0.1, -0.05) is 31.9 Å². The number of carboxylic acids is 2. The summed E-state index contributed by atoms with van der Waals surface area (Å²) in [5.74, 6) is -4.39. The first kappa shape index (κ1) is 16.9. The number of nitrogens with zero attached hydrogens (tertiary/aromatic N) is 1. The van der Waals surface area contributed by atoms with E-state index in [0.29, 0.717) is 0 Å². The van der Waals surface area contributed by atoms with Gasteiger partial charge in [-0.05, 0) is 24.7 Å². The monoisotopic (exact) mass is 451 g/mol. The fraction of sp³-hybridized carbons (Fsp3) is 0.714. The molecule has 1 heterocycles. The minimum Gasteiger partial charge on any atom is -0.481 e. The summed E-state index contributed by atoms with van der Waals surface area (Å²) in [6.45, 7) is 0. The van der Waals surface area contributed by atoms with Crippen molar-refractivity contribution in [1.82, 2.24) is 4.90 Å². The van der Waals surface area contributed by atoms with Crippen LogP contribution in [0.25, 0.3) is 0 Å². The summed E-state index contributed by atoms with van der Waals surface area (Å²) in [6.07, 6.45) is 0.0874. The van der Waals surface area contributed by atoms with Gasteiger partial charge in [0.15, 0.2) is 0 Å². The van der Waals surface area contributed by atoms with Crippen molar-refractivity contribution in [1.29, 1.82) is 0 Å². The summed E-state index contributed by atoms with van der Waals surface area (Å²) >= 11 is 7.11. The van der Waals surface area contributed by atoms with Gasteiger partial charge < -0.3 is 10.2 Å². The SMILES string of the molecule is O=C(O)CC[C@@H](C(=O)O)N1C(=O)[C@@H]2[C@H]3C[C@@H]([C@@H](Br)[C@H]3Br)[C@@H]2C1=O. The smallest absolute Gasteiger partial charge is 0.326 e. The number of alkyl halides is 2. The molecule has 2 bridgehead atoms. The van der Waals surface area contributed by atoms with E-state index in [-0.39, 0.29) is 27.9 Å². The number of carbonyl (C=O) groups excluding carboxylic acids is 2. The molecule has 0 aromatic heterocycles. The molecule has 2 saturated carbocycles. The second-order valence-electron chi connectivity index (χ2n) is 6.34. The van der Waals surface area contributed by atoms with Gasteiger partial charge in [0.1, 0.15) is 6.04 Å². The van der Waals surface area contributed by atoms with Crippen LogP contribution < -0.4 is 0 Å². The summed E-state index contributed by atoms with van der Waals surface area (Å²) < 4.78 is 0. The second-order valence-corrected chi connectivity index (χ2v) is 8.45. The lowest BCUT2D eigenvalue weighted by molar-refractivity contribution is -0.156. The highest BCUT2D eigenvalue weighted by molar-refractivity contribution is 9.12. The fourth-order valence-corrected chi connectivity index (χ4v) is 6.18. The molecule has 23 heavy (non-hydrogen) atoms. The van der Waals surface area contributed by atoms with Crippen LogP contribution in [0.1, 0.15) is 19.3 Å². The van der Waals surface area contributed by atoms with E-state index in [0.717, 1.165) is 11.3 Å². The van der Waals surface area contributed by atoms with E-state index in [2.05, 4.69) is 31.9 Å². The number of carboxylic acid groups (broad SMARTS) is 2. The molecular weight excluding hydrogens is 438 g/mol. The van der Waals surface area contributed by atoms with Crippen molar-refractivity contribution in [3.63, 3.8) is 0 Å². The number of imide groups is 1. The number of hydrogen-bond donors (Lipinski definition) is 2. The van der Waals surface area contributed by atoms with E-state index in [4.69, 9.17) is 5.11 Å². The van der Waals surface area contributed by atoms with Crippen molar-refractivity contribution >= 4 is 55.6 Å². The Bertz CT molecular complexity index is 564. The Labute approximate surface area is 148 Å². The lowest BCUT2D eigenvalue weighted by atomic mass is 9.81. The van der Waals surface area contributed by atoms with Crippen molar-refractivity contribution in [2.75, 3.05) is 0 Å². The average Bonchev–Trinajstić information content (AvgIpc) is 3.06. The molecule has 126 valence electrons. The van der Waals surface area contributed by atoms with Crippen LogP contribution in [0.15, 0.2) is 0 Å². The molecule has 0 aromatic rings. The third-order valence-electron chi connectivity index (χ3n) is 5.25. The third-order valence-corrected chi connectivity index (χ3v) is 8.46. The molecule has 0 unspecified atom stereocenters. The molecule has 1 saturated heterocycles. The van der Waals surface area contributed by atoms with Crippen LogP contribution in [0.4, 0.5) is 0 Å². The molecule has 2 N–H and O–H groups in total. The minimum absolute atomic E-state index is 0.00439. The van der Waals surface area contributed by atoms with Gasteiger partial charge >= 0.3 is 11.9 Å². The Balaban J connectivity index is 1.87. The number of fused-ring (bicyclic) bond motifs is 5. The van der Waals surface area contributed by atoms with Crippen LogP contribution in [-0.2, 0) is 19.2 Å². The highest BCUT2D eigenvalue weighted by atomic mass is 79.9. The largest absolute Gasteiger partial charge is 0.481 e. The number of amides is 2. The van der Waals surface area contributed by atoms with Crippen LogP contribution in [0.5, 0.6) is 0 Å². The maximum absolute atomic E-state index is 12.7. The topological polar surface area (TPSA) is 112 Å². The zero-order valence-corrected chi connectivity index (χ0v) is 15.1. The lowest BCUT2D eigenvalue weighted by Crippen LogP contribution is -2.46. The van der Waals surface area contributed by atoms with Gasteiger partial charge in [0, 0.05) is 16.1 Å². The molecule has 0 aromatic carbocycles. The molecule has 7 nitrogen and oxygen atoms in total. The first-order valence-corrected chi connectivity index (χ1v) is 9.18. The van der Waals surface area contributed by atoms with Crippen LogP contribution in [0.2, 0.25) is 0 Å². The Morgan fingerprint density at radius 3 is 1.96 bits per heavy atom. The summed E-state index contributed by atoms with van der Waals surface area (Å²) in [5, 5.41) is 18.1. The van der Waals surface area contributed by atoms with E-state index < -0.39 is 48.1 Å². The van der Waals surface area contributed by atoms with Gasteiger partial charge in [0.25, 0.3) is 0 Å². The van der Waals surface area contributed by atoms with Crippen LogP contribution >= 0.6 is 31.9 Å². The van der Waals surface area contributed by atoms with Crippen molar-refractivity contribution in [2.24, 2.45) is 23.7 Å². The molecule has 3 aliphatic rings. The zero-order valence-electron chi connectivity index (χ0n) is 11.9. The highest BCUT2D eigenvalue weighted by Crippen LogP contribution is 2.60. The Kier molecular flexibility index (Phi) is 4.29. The normalized spacial score (nSPS) is 39.7. The van der Waals surface area contributed by atoms with Crippen molar-refractivity contribution in [3.05, 3.63) is 0 Å². The number of likely N-dealkylation sites (tertiary alicyclic amines) is 1. The molecule has 0 spiro atoms. The molecule has 7 atom stereocenters. The Morgan fingerprint density at radius 2 is 1.57 bits per heavy atom. The number of hydrogen-bond acceptors (Lipinski definition) is 4.